The Labute approximate surface area is 139 Å². The molecule has 2 heterocycles. The van der Waals surface area contributed by atoms with Gasteiger partial charge in [0.1, 0.15) is 12.4 Å². The van der Waals surface area contributed by atoms with Gasteiger partial charge in [-0.3, -0.25) is 4.79 Å². The molecular formula is C17H19N3O4. The fraction of sp³-hybridized carbons (Fsp3) is 0.353. The number of aromatic nitrogens is 1. The molecule has 0 spiro atoms. The summed E-state index contributed by atoms with van der Waals surface area (Å²) in [6.07, 6.45) is 2.18. The number of pyridine rings is 1. The number of carboxylic acids is 1. The molecule has 1 amide bonds. The van der Waals surface area contributed by atoms with Gasteiger partial charge in [0.15, 0.2) is 0 Å². The summed E-state index contributed by atoms with van der Waals surface area (Å²) in [4.78, 5) is 30.0. The van der Waals surface area contributed by atoms with Crippen molar-refractivity contribution in [2.24, 2.45) is 0 Å². The molecule has 7 nitrogen and oxygen atoms in total. The minimum Gasteiger partial charge on any atom is -0.478 e. The minimum atomic E-state index is -1.01. The Hall–Kier alpha value is -2.67. The molecule has 1 aromatic heterocycles. The molecule has 2 aromatic rings. The van der Waals surface area contributed by atoms with Gasteiger partial charge in [-0.1, -0.05) is 0 Å². The number of carbonyl (C=O) groups excluding carboxylic acids is 1. The number of ether oxygens (including phenoxy) is 1. The first kappa shape index (κ1) is 16.2. The largest absolute Gasteiger partial charge is 0.478 e. The van der Waals surface area contributed by atoms with Crippen molar-refractivity contribution >= 4 is 34.3 Å². The van der Waals surface area contributed by atoms with E-state index in [1.807, 2.05) is 0 Å². The van der Waals surface area contributed by atoms with Crippen molar-refractivity contribution < 1.29 is 19.4 Å². The maximum absolute atomic E-state index is 11.7. The Bertz CT molecular complexity index is 785. The third kappa shape index (κ3) is 3.30. The second-order valence-electron chi connectivity index (χ2n) is 5.74. The molecule has 1 aromatic carbocycles. The molecule has 0 atom stereocenters. The highest BCUT2D eigenvalue weighted by Crippen LogP contribution is 2.27. The van der Waals surface area contributed by atoms with Crippen LogP contribution in [0.5, 0.6) is 0 Å². The number of rotatable bonds is 5. The Morgan fingerprint density at radius 3 is 2.71 bits per heavy atom. The van der Waals surface area contributed by atoms with E-state index in [1.165, 1.54) is 7.11 Å². The molecule has 1 aliphatic heterocycles. The Kier molecular flexibility index (Phi) is 4.61. The van der Waals surface area contributed by atoms with Crippen molar-refractivity contribution in [2.45, 2.75) is 12.8 Å². The Balaban J connectivity index is 2.01. The first-order chi connectivity index (χ1) is 11.6. The summed E-state index contributed by atoms with van der Waals surface area (Å²) >= 11 is 0. The van der Waals surface area contributed by atoms with E-state index in [1.54, 1.807) is 24.3 Å². The molecule has 0 aliphatic carbocycles. The van der Waals surface area contributed by atoms with Crippen molar-refractivity contribution in [2.75, 3.05) is 37.0 Å². The lowest BCUT2D eigenvalue weighted by molar-refractivity contribution is -0.119. The van der Waals surface area contributed by atoms with Gasteiger partial charge in [0.25, 0.3) is 0 Å². The van der Waals surface area contributed by atoms with E-state index in [4.69, 9.17) is 4.74 Å². The smallest absolute Gasteiger partial charge is 0.336 e. The molecule has 0 radical (unpaired) electrons. The third-order valence-corrected chi connectivity index (χ3v) is 4.01. The zero-order valence-corrected chi connectivity index (χ0v) is 13.4. The molecule has 7 heteroatoms. The summed E-state index contributed by atoms with van der Waals surface area (Å²) in [5.74, 6) is -0.618. The molecule has 24 heavy (non-hydrogen) atoms. The molecule has 0 bridgehead atoms. The van der Waals surface area contributed by atoms with Gasteiger partial charge >= 0.3 is 5.97 Å². The van der Waals surface area contributed by atoms with Gasteiger partial charge < -0.3 is 20.1 Å². The molecule has 1 saturated heterocycles. The number of methoxy groups -OCH3 is 1. The van der Waals surface area contributed by atoms with Crippen molar-refractivity contribution in [3.63, 3.8) is 0 Å². The summed E-state index contributed by atoms with van der Waals surface area (Å²) in [6, 6.07) is 6.68. The van der Waals surface area contributed by atoms with Gasteiger partial charge in [0.2, 0.25) is 5.91 Å². The quantitative estimate of drug-likeness (QED) is 0.873. The van der Waals surface area contributed by atoms with Gasteiger partial charge in [-0.05, 0) is 37.1 Å². The minimum absolute atomic E-state index is 0.0596. The third-order valence-electron chi connectivity index (χ3n) is 4.01. The van der Waals surface area contributed by atoms with Crippen LogP contribution in [0.1, 0.15) is 23.2 Å². The van der Waals surface area contributed by atoms with E-state index in [0.717, 1.165) is 25.9 Å². The van der Waals surface area contributed by atoms with E-state index < -0.39 is 5.97 Å². The normalized spacial score (nSPS) is 14.1. The van der Waals surface area contributed by atoms with Crippen LogP contribution in [0.3, 0.4) is 0 Å². The SMILES string of the molecule is COCC(=O)Nc1ccc2nc(N3CCCC3)cc(C(=O)O)c2c1. The molecular weight excluding hydrogens is 310 g/mol. The van der Waals surface area contributed by atoms with Crippen LogP contribution in [0.25, 0.3) is 10.9 Å². The highest BCUT2D eigenvalue weighted by molar-refractivity contribution is 6.05. The summed E-state index contributed by atoms with van der Waals surface area (Å²) in [5, 5.41) is 12.7. The number of nitrogens with one attached hydrogen (secondary N) is 1. The fourth-order valence-electron chi connectivity index (χ4n) is 2.90. The summed E-state index contributed by atoms with van der Waals surface area (Å²) in [7, 11) is 1.44. The van der Waals surface area contributed by atoms with E-state index in [9.17, 15) is 14.7 Å². The highest BCUT2D eigenvalue weighted by atomic mass is 16.5. The van der Waals surface area contributed by atoms with Gasteiger partial charge in [0, 0.05) is 31.3 Å². The van der Waals surface area contributed by atoms with Crippen LogP contribution in [0.4, 0.5) is 11.5 Å². The second kappa shape index (κ2) is 6.84. The van der Waals surface area contributed by atoms with Gasteiger partial charge in [-0.25, -0.2) is 9.78 Å². The number of amides is 1. The average Bonchev–Trinajstić information content (AvgIpc) is 3.08. The number of hydrogen-bond donors (Lipinski definition) is 2. The van der Waals surface area contributed by atoms with Crippen molar-refractivity contribution in [1.29, 1.82) is 0 Å². The monoisotopic (exact) mass is 329 g/mol. The first-order valence-corrected chi connectivity index (χ1v) is 7.80. The lowest BCUT2D eigenvalue weighted by atomic mass is 10.1. The molecule has 1 fully saturated rings. The molecule has 0 saturated carbocycles. The molecule has 126 valence electrons. The van der Waals surface area contributed by atoms with Crippen LogP contribution in [-0.2, 0) is 9.53 Å². The van der Waals surface area contributed by atoms with E-state index in [0.29, 0.717) is 22.4 Å². The van der Waals surface area contributed by atoms with Gasteiger partial charge in [-0.2, -0.15) is 0 Å². The van der Waals surface area contributed by atoms with Crippen LogP contribution in [0.15, 0.2) is 24.3 Å². The average molecular weight is 329 g/mol. The van der Waals surface area contributed by atoms with Crippen LogP contribution < -0.4 is 10.2 Å². The zero-order valence-electron chi connectivity index (χ0n) is 13.4. The number of aromatic carboxylic acids is 1. The Morgan fingerprint density at radius 2 is 2.04 bits per heavy atom. The number of anilines is 2. The van der Waals surface area contributed by atoms with Crippen molar-refractivity contribution in [3.05, 3.63) is 29.8 Å². The summed E-state index contributed by atoms with van der Waals surface area (Å²) in [5.41, 5.74) is 1.30. The lowest BCUT2D eigenvalue weighted by Gasteiger charge is -2.18. The zero-order chi connectivity index (χ0) is 17.1. The van der Waals surface area contributed by atoms with Crippen LogP contribution in [0, 0.1) is 0 Å². The van der Waals surface area contributed by atoms with E-state index >= 15 is 0 Å². The number of nitrogens with zero attached hydrogens (tertiary/aromatic N) is 2. The predicted octanol–water partition coefficient (Wildman–Crippen LogP) is 2.12. The molecule has 1 aliphatic rings. The maximum atomic E-state index is 11.7. The van der Waals surface area contributed by atoms with Crippen molar-refractivity contribution in [1.82, 2.24) is 4.98 Å². The molecule has 2 N–H and O–H groups in total. The fourth-order valence-corrected chi connectivity index (χ4v) is 2.90. The first-order valence-electron chi connectivity index (χ1n) is 7.80. The standard InChI is InChI=1S/C17H19N3O4/c1-24-10-16(21)18-11-4-5-14-12(8-11)13(17(22)23)9-15(19-14)20-6-2-3-7-20/h4-5,8-9H,2-3,6-7,10H2,1H3,(H,18,21)(H,22,23). The van der Waals surface area contributed by atoms with Crippen LogP contribution >= 0.6 is 0 Å². The predicted molar refractivity (Wildman–Crippen MR) is 90.7 cm³/mol. The van der Waals surface area contributed by atoms with Crippen LogP contribution in [-0.4, -0.2) is 48.8 Å². The van der Waals surface area contributed by atoms with Gasteiger partial charge in [-0.15, -0.1) is 0 Å². The number of benzene rings is 1. The van der Waals surface area contributed by atoms with E-state index in [-0.39, 0.29) is 18.1 Å². The van der Waals surface area contributed by atoms with Crippen LogP contribution in [0.2, 0.25) is 0 Å². The maximum Gasteiger partial charge on any atom is 0.336 e. The van der Waals surface area contributed by atoms with Gasteiger partial charge in [0.05, 0.1) is 11.1 Å². The summed E-state index contributed by atoms with van der Waals surface area (Å²) in [6.45, 7) is 1.72. The number of hydrogen-bond acceptors (Lipinski definition) is 5. The lowest BCUT2D eigenvalue weighted by Crippen LogP contribution is -2.20. The highest BCUT2D eigenvalue weighted by Gasteiger charge is 2.18. The van der Waals surface area contributed by atoms with E-state index in [2.05, 4.69) is 15.2 Å². The number of carboxylic acid groups (broad SMARTS) is 1. The number of fused-ring (bicyclic) bond motifs is 1. The second-order valence-corrected chi connectivity index (χ2v) is 5.74. The molecule has 3 rings (SSSR count). The molecule has 0 unspecified atom stereocenters. The Morgan fingerprint density at radius 1 is 1.29 bits per heavy atom. The topological polar surface area (TPSA) is 91.8 Å². The summed E-state index contributed by atoms with van der Waals surface area (Å²) < 4.78 is 4.77. The number of carbonyl (C=O) groups is 2. The van der Waals surface area contributed by atoms with Crippen molar-refractivity contribution in [3.8, 4) is 0 Å².